The predicted molar refractivity (Wildman–Crippen MR) is 72.7 cm³/mol. The molecule has 0 atom stereocenters. The first kappa shape index (κ1) is 12.1. The summed E-state index contributed by atoms with van der Waals surface area (Å²) in [6.45, 7) is 1.91. The number of allylic oxidation sites excluding steroid dienone is 1. The molecule has 18 heavy (non-hydrogen) atoms. The highest BCUT2D eigenvalue weighted by Gasteiger charge is 2.09. The molecule has 0 amide bonds. The normalized spacial score (nSPS) is 11.3. The molecule has 2 nitrogen and oxygen atoms in total. The van der Waals surface area contributed by atoms with Crippen LogP contribution >= 0.6 is 0 Å². The topological polar surface area (TPSA) is 37.3 Å². The molecule has 0 radical (unpaired) electrons. The van der Waals surface area contributed by atoms with Crippen molar-refractivity contribution in [2.45, 2.75) is 6.92 Å². The van der Waals surface area contributed by atoms with Crippen LogP contribution in [0, 0.1) is 0 Å². The minimum Gasteiger partial charge on any atom is -0.507 e. The quantitative estimate of drug-likeness (QED) is 0.828. The van der Waals surface area contributed by atoms with Gasteiger partial charge in [0.1, 0.15) is 12.0 Å². The number of phenolic OH excluding ortho intramolecular Hbond substituents is 1. The number of hydrogen-bond acceptors (Lipinski definition) is 2. The molecule has 0 saturated carbocycles. The van der Waals surface area contributed by atoms with Crippen LogP contribution in [0.4, 0.5) is 0 Å². The third-order valence-electron chi connectivity index (χ3n) is 2.82. The fourth-order valence-corrected chi connectivity index (χ4v) is 1.94. The summed E-state index contributed by atoms with van der Waals surface area (Å²) >= 11 is 0. The molecule has 0 saturated heterocycles. The second kappa shape index (κ2) is 5.32. The van der Waals surface area contributed by atoms with E-state index in [1.807, 2.05) is 43.3 Å². The van der Waals surface area contributed by atoms with E-state index in [0.717, 1.165) is 17.4 Å². The SMILES string of the molecule is C/C=C(\c1ccccc1)c1cc(C=O)ccc1O. The molecule has 2 aromatic carbocycles. The van der Waals surface area contributed by atoms with Crippen molar-refractivity contribution in [3.63, 3.8) is 0 Å². The molecular weight excluding hydrogens is 224 g/mol. The van der Waals surface area contributed by atoms with Crippen molar-refractivity contribution in [3.8, 4) is 5.75 Å². The van der Waals surface area contributed by atoms with E-state index in [0.29, 0.717) is 11.1 Å². The minimum atomic E-state index is 0.178. The number of rotatable bonds is 3. The van der Waals surface area contributed by atoms with Gasteiger partial charge in [0.2, 0.25) is 0 Å². The van der Waals surface area contributed by atoms with E-state index in [9.17, 15) is 9.90 Å². The zero-order valence-electron chi connectivity index (χ0n) is 10.1. The maximum absolute atomic E-state index is 10.8. The Balaban J connectivity index is 2.56. The van der Waals surface area contributed by atoms with Gasteiger partial charge in [-0.15, -0.1) is 0 Å². The van der Waals surface area contributed by atoms with Gasteiger partial charge in [-0.1, -0.05) is 36.4 Å². The molecule has 2 aromatic rings. The lowest BCUT2D eigenvalue weighted by molar-refractivity contribution is 0.112. The maximum atomic E-state index is 10.8. The van der Waals surface area contributed by atoms with Crippen LogP contribution in [0.2, 0.25) is 0 Å². The molecule has 1 N–H and O–H groups in total. The smallest absolute Gasteiger partial charge is 0.150 e. The van der Waals surface area contributed by atoms with E-state index in [1.54, 1.807) is 18.2 Å². The monoisotopic (exact) mass is 238 g/mol. The number of hydrogen-bond donors (Lipinski definition) is 1. The van der Waals surface area contributed by atoms with E-state index in [4.69, 9.17) is 0 Å². The Morgan fingerprint density at radius 1 is 1.11 bits per heavy atom. The Morgan fingerprint density at radius 3 is 2.44 bits per heavy atom. The Bertz CT molecular complexity index is 583. The summed E-state index contributed by atoms with van der Waals surface area (Å²) < 4.78 is 0. The summed E-state index contributed by atoms with van der Waals surface area (Å²) in [4.78, 5) is 10.8. The Morgan fingerprint density at radius 2 is 1.83 bits per heavy atom. The van der Waals surface area contributed by atoms with Crippen molar-refractivity contribution in [1.29, 1.82) is 0 Å². The molecule has 0 aliphatic rings. The molecule has 0 unspecified atom stereocenters. The van der Waals surface area contributed by atoms with E-state index in [1.165, 1.54) is 0 Å². The van der Waals surface area contributed by atoms with Gasteiger partial charge in [0.05, 0.1) is 0 Å². The van der Waals surface area contributed by atoms with Gasteiger partial charge in [0.25, 0.3) is 0 Å². The molecule has 2 rings (SSSR count). The summed E-state index contributed by atoms with van der Waals surface area (Å²) in [5, 5.41) is 9.94. The molecule has 0 aromatic heterocycles. The van der Waals surface area contributed by atoms with Crippen LogP contribution in [0.25, 0.3) is 5.57 Å². The fraction of sp³-hybridized carbons (Fsp3) is 0.0625. The predicted octanol–water partition coefficient (Wildman–Crippen LogP) is 3.66. The number of aldehydes is 1. The van der Waals surface area contributed by atoms with Crippen LogP contribution in [-0.4, -0.2) is 11.4 Å². The average Bonchev–Trinajstić information content (AvgIpc) is 2.43. The Hall–Kier alpha value is -2.35. The lowest BCUT2D eigenvalue weighted by Crippen LogP contribution is -1.90. The molecule has 0 aliphatic carbocycles. The van der Waals surface area contributed by atoms with Gasteiger partial charge in [-0.25, -0.2) is 0 Å². The van der Waals surface area contributed by atoms with Gasteiger partial charge in [-0.3, -0.25) is 4.79 Å². The minimum absolute atomic E-state index is 0.178. The van der Waals surface area contributed by atoms with Crippen molar-refractivity contribution in [2.24, 2.45) is 0 Å². The van der Waals surface area contributed by atoms with Crippen molar-refractivity contribution >= 4 is 11.9 Å². The van der Waals surface area contributed by atoms with Gasteiger partial charge in [0, 0.05) is 11.1 Å². The number of carbonyl (C=O) groups excluding carboxylic acids is 1. The molecule has 0 spiro atoms. The van der Waals surface area contributed by atoms with Crippen molar-refractivity contribution in [1.82, 2.24) is 0 Å². The highest BCUT2D eigenvalue weighted by Crippen LogP contribution is 2.30. The second-order valence-electron chi connectivity index (χ2n) is 3.96. The lowest BCUT2D eigenvalue weighted by atomic mass is 9.96. The lowest BCUT2D eigenvalue weighted by Gasteiger charge is -2.10. The molecular formula is C16H14O2. The summed E-state index contributed by atoms with van der Waals surface area (Å²) in [5.74, 6) is 0.178. The molecule has 90 valence electrons. The Labute approximate surface area is 106 Å². The van der Waals surface area contributed by atoms with Gasteiger partial charge < -0.3 is 5.11 Å². The highest BCUT2D eigenvalue weighted by molar-refractivity contribution is 5.86. The van der Waals surface area contributed by atoms with E-state index < -0.39 is 0 Å². The van der Waals surface area contributed by atoms with Crippen molar-refractivity contribution < 1.29 is 9.90 Å². The maximum Gasteiger partial charge on any atom is 0.150 e. The summed E-state index contributed by atoms with van der Waals surface area (Å²) in [6, 6.07) is 14.6. The van der Waals surface area contributed by atoms with Crippen molar-refractivity contribution in [3.05, 3.63) is 71.3 Å². The molecule has 0 bridgehead atoms. The number of aromatic hydroxyl groups is 1. The van der Waals surface area contributed by atoms with Gasteiger partial charge in [-0.2, -0.15) is 0 Å². The molecule has 0 aliphatic heterocycles. The van der Waals surface area contributed by atoms with E-state index >= 15 is 0 Å². The molecule has 0 heterocycles. The Kier molecular flexibility index (Phi) is 3.58. The standard InChI is InChI=1S/C16H14O2/c1-2-14(13-6-4-3-5-7-13)15-10-12(11-17)8-9-16(15)18/h2-11,18H,1H3/b14-2+. The van der Waals surface area contributed by atoms with E-state index in [-0.39, 0.29) is 5.75 Å². The zero-order chi connectivity index (χ0) is 13.0. The first-order valence-electron chi connectivity index (χ1n) is 5.76. The third-order valence-corrected chi connectivity index (χ3v) is 2.82. The van der Waals surface area contributed by atoms with Crippen LogP contribution in [-0.2, 0) is 0 Å². The summed E-state index contributed by atoms with van der Waals surface area (Å²) in [7, 11) is 0. The van der Waals surface area contributed by atoms with Crippen LogP contribution in [0.3, 0.4) is 0 Å². The largest absolute Gasteiger partial charge is 0.507 e. The molecule has 0 fully saturated rings. The average molecular weight is 238 g/mol. The van der Waals surface area contributed by atoms with Crippen LogP contribution in [0.15, 0.2) is 54.6 Å². The fourth-order valence-electron chi connectivity index (χ4n) is 1.94. The summed E-state index contributed by atoms with van der Waals surface area (Å²) in [6.07, 6.45) is 2.71. The third kappa shape index (κ3) is 2.33. The van der Waals surface area contributed by atoms with E-state index in [2.05, 4.69) is 0 Å². The van der Waals surface area contributed by atoms with Gasteiger partial charge in [0.15, 0.2) is 0 Å². The van der Waals surface area contributed by atoms with Crippen LogP contribution in [0.5, 0.6) is 5.75 Å². The van der Waals surface area contributed by atoms with Crippen LogP contribution < -0.4 is 0 Å². The summed E-state index contributed by atoms with van der Waals surface area (Å²) in [5.41, 5.74) is 3.15. The van der Waals surface area contributed by atoms with Crippen molar-refractivity contribution in [2.75, 3.05) is 0 Å². The second-order valence-corrected chi connectivity index (χ2v) is 3.96. The first-order chi connectivity index (χ1) is 8.76. The molecule has 2 heteroatoms. The van der Waals surface area contributed by atoms with Gasteiger partial charge in [-0.05, 0) is 36.3 Å². The zero-order valence-corrected chi connectivity index (χ0v) is 10.1. The highest BCUT2D eigenvalue weighted by atomic mass is 16.3. The van der Waals surface area contributed by atoms with Gasteiger partial charge >= 0.3 is 0 Å². The number of benzene rings is 2. The number of carbonyl (C=O) groups is 1. The number of phenols is 1. The van der Waals surface area contributed by atoms with Crippen LogP contribution in [0.1, 0.15) is 28.4 Å². The first-order valence-corrected chi connectivity index (χ1v) is 5.76.